The molecule has 1 amide bonds. The van der Waals surface area contributed by atoms with Gasteiger partial charge in [0.15, 0.2) is 20.7 Å². The smallest absolute Gasteiger partial charge is 0.278 e. The molecule has 0 aliphatic carbocycles. The van der Waals surface area contributed by atoms with Crippen LogP contribution in [-0.4, -0.2) is 98.7 Å². The zero-order valence-corrected chi connectivity index (χ0v) is 23.7. The van der Waals surface area contributed by atoms with Gasteiger partial charge >= 0.3 is 0 Å². The average molecular weight is 572 g/mol. The number of benzene rings is 1. The molecular weight excluding hydrogens is 538 g/mol. The first kappa shape index (κ1) is 27.4. The highest BCUT2D eigenvalue weighted by Crippen LogP contribution is 2.27. The third kappa shape index (κ3) is 6.55. The van der Waals surface area contributed by atoms with Gasteiger partial charge in [-0.25, -0.2) is 18.4 Å². The Hall–Kier alpha value is -3.13. The standard InChI is InChI=1S/C26H33N7O4S2/c1-32(2)15-12-27-22-10-9-21-25(29-22)38-26(28-21)30-24(34)23(31-33-13-3-4-14-33)18-5-7-19(8-6-18)39(35,36)20-11-16-37-17-20/h5-10,20H,3-4,11-17H2,1-2H3,(H,27,29)(H,28,30,34)/b31-23+/t20-/m0/s1. The number of rotatable bonds is 10. The van der Waals surface area contributed by atoms with Crippen molar-refractivity contribution in [3.8, 4) is 0 Å². The Morgan fingerprint density at radius 2 is 1.92 bits per heavy atom. The quantitative estimate of drug-likeness (QED) is 0.353. The van der Waals surface area contributed by atoms with Crippen LogP contribution in [0.2, 0.25) is 0 Å². The van der Waals surface area contributed by atoms with Gasteiger partial charge in [0.05, 0.1) is 16.8 Å². The molecule has 39 heavy (non-hydrogen) atoms. The number of amides is 1. The molecule has 13 heteroatoms. The highest BCUT2D eigenvalue weighted by atomic mass is 32.2. The maximum atomic E-state index is 13.5. The first-order valence-electron chi connectivity index (χ1n) is 13.0. The maximum Gasteiger partial charge on any atom is 0.278 e. The molecule has 208 valence electrons. The number of likely N-dealkylation sites (N-methyl/N-ethyl adjacent to an activating group) is 1. The van der Waals surface area contributed by atoms with Crippen LogP contribution >= 0.6 is 11.3 Å². The van der Waals surface area contributed by atoms with Gasteiger partial charge < -0.3 is 15.0 Å². The summed E-state index contributed by atoms with van der Waals surface area (Å²) in [5.41, 5.74) is 1.44. The van der Waals surface area contributed by atoms with Crippen LogP contribution in [0.5, 0.6) is 0 Å². The molecule has 1 aromatic carbocycles. The molecule has 3 aromatic rings. The van der Waals surface area contributed by atoms with Crippen LogP contribution in [0.25, 0.3) is 10.3 Å². The van der Waals surface area contributed by atoms with Crippen molar-refractivity contribution < 1.29 is 17.9 Å². The van der Waals surface area contributed by atoms with E-state index in [1.807, 2.05) is 31.2 Å². The van der Waals surface area contributed by atoms with Crippen molar-refractivity contribution in [2.24, 2.45) is 5.10 Å². The molecule has 2 aliphatic heterocycles. The molecule has 0 unspecified atom stereocenters. The second-order valence-electron chi connectivity index (χ2n) is 9.89. The highest BCUT2D eigenvalue weighted by molar-refractivity contribution is 7.92. The predicted molar refractivity (Wildman–Crippen MR) is 153 cm³/mol. The predicted octanol–water partition coefficient (Wildman–Crippen LogP) is 2.67. The Balaban J connectivity index is 1.35. The number of anilines is 2. The summed E-state index contributed by atoms with van der Waals surface area (Å²) in [5, 5.41) is 12.6. The number of nitrogens with zero attached hydrogens (tertiary/aromatic N) is 5. The molecule has 2 fully saturated rings. The Morgan fingerprint density at radius 1 is 1.15 bits per heavy atom. The summed E-state index contributed by atoms with van der Waals surface area (Å²) in [5.74, 6) is 0.339. The molecule has 2 aromatic heterocycles. The van der Waals surface area contributed by atoms with Crippen LogP contribution in [0.4, 0.5) is 10.9 Å². The van der Waals surface area contributed by atoms with Crippen molar-refractivity contribution in [1.29, 1.82) is 0 Å². The van der Waals surface area contributed by atoms with E-state index in [2.05, 4.69) is 30.6 Å². The average Bonchev–Trinajstić information content (AvgIpc) is 3.69. The van der Waals surface area contributed by atoms with Crippen LogP contribution in [0.3, 0.4) is 0 Å². The maximum absolute atomic E-state index is 13.5. The number of hydrogen-bond donors (Lipinski definition) is 2. The summed E-state index contributed by atoms with van der Waals surface area (Å²) in [7, 11) is 0.528. The molecule has 0 saturated carbocycles. The van der Waals surface area contributed by atoms with Gasteiger partial charge in [-0.15, -0.1) is 0 Å². The number of ether oxygens (including phenoxy) is 1. The zero-order chi connectivity index (χ0) is 27.4. The Morgan fingerprint density at radius 3 is 2.62 bits per heavy atom. The van der Waals surface area contributed by atoms with E-state index in [9.17, 15) is 13.2 Å². The normalized spacial score (nSPS) is 18.3. The van der Waals surface area contributed by atoms with Crippen molar-refractivity contribution in [1.82, 2.24) is 19.9 Å². The number of hydrazone groups is 1. The van der Waals surface area contributed by atoms with Crippen molar-refractivity contribution in [3.05, 3.63) is 42.0 Å². The summed E-state index contributed by atoms with van der Waals surface area (Å²) >= 11 is 1.29. The second kappa shape index (κ2) is 11.9. The van der Waals surface area contributed by atoms with Crippen LogP contribution in [0.15, 0.2) is 46.4 Å². The summed E-state index contributed by atoms with van der Waals surface area (Å²) in [6.07, 6.45) is 2.50. The number of pyridine rings is 1. The van der Waals surface area contributed by atoms with Crippen molar-refractivity contribution in [2.45, 2.75) is 29.4 Å². The lowest BCUT2D eigenvalue weighted by atomic mass is 10.1. The molecule has 11 nitrogen and oxygen atoms in total. The number of hydrogen-bond acceptors (Lipinski definition) is 11. The minimum Gasteiger partial charge on any atom is -0.380 e. The molecule has 4 heterocycles. The number of thiazole rings is 1. The van der Waals surface area contributed by atoms with E-state index in [0.717, 1.165) is 44.8 Å². The van der Waals surface area contributed by atoms with Gasteiger partial charge in [-0.1, -0.05) is 23.5 Å². The van der Waals surface area contributed by atoms with E-state index in [-0.39, 0.29) is 17.2 Å². The zero-order valence-electron chi connectivity index (χ0n) is 22.1. The number of carbonyl (C=O) groups is 1. The van der Waals surface area contributed by atoms with Gasteiger partial charge in [0.25, 0.3) is 5.91 Å². The number of fused-ring (bicyclic) bond motifs is 1. The van der Waals surface area contributed by atoms with Crippen molar-refractivity contribution in [3.63, 3.8) is 0 Å². The fourth-order valence-electron chi connectivity index (χ4n) is 4.46. The van der Waals surface area contributed by atoms with Gasteiger partial charge in [-0.3, -0.25) is 15.1 Å². The first-order chi connectivity index (χ1) is 18.8. The van der Waals surface area contributed by atoms with Gasteiger partial charge in [0.2, 0.25) is 0 Å². The van der Waals surface area contributed by atoms with Gasteiger partial charge in [-0.05, 0) is 57.6 Å². The minimum absolute atomic E-state index is 0.207. The van der Waals surface area contributed by atoms with Gasteiger partial charge in [-0.2, -0.15) is 5.10 Å². The molecule has 0 spiro atoms. The molecule has 2 saturated heterocycles. The van der Waals surface area contributed by atoms with E-state index < -0.39 is 21.0 Å². The van der Waals surface area contributed by atoms with E-state index >= 15 is 0 Å². The number of carbonyl (C=O) groups excluding carboxylic acids is 1. The van der Waals surface area contributed by atoms with Crippen LogP contribution < -0.4 is 10.6 Å². The second-order valence-corrected chi connectivity index (χ2v) is 13.1. The van der Waals surface area contributed by atoms with E-state index in [4.69, 9.17) is 4.74 Å². The monoisotopic (exact) mass is 571 g/mol. The summed E-state index contributed by atoms with van der Waals surface area (Å²) in [4.78, 5) is 25.6. The number of nitrogens with one attached hydrogen (secondary N) is 2. The van der Waals surface area contributed by atoms with Gasteiger partial charge in [0.1, 0.15) is 16.2 Å². The molecule has 5 rings (SSSR count). The lowest BCUT2D eigenvalue weighted by Gasteiger charge is -2.15. The molecular formula is C26H33N7O4S2. The van der Waals surface area contributed by atoms with E-state index in [1.165, 1.54) is 11.3 Å². The summed E-state index contributed by atoms with van der Waals surface area (Å²) < 4.78 is 31.2. The third-order valence-electron chi connectivity index (χ3n) is 6.66. The highest BCUT2D eigenvalue weighted by Gasteiger charge is 2.31. The summed E-state index contributed by atoms with van der Waals surface area (Å²) in [6, 6.07) is 10.1. The largest absolute Gasteiger partial charge is 0.380 e. The molecule has 2 aliphatic rings. The van der Waals surface area contributed by atoms with E-state index in [0.29, 0.717) is 34.1 Å². The molecule has 1 atom stereocenters. The Kier molecular flexibility index (Phi) is 8.40. The molecule has 2 N–H and O–H groups in total. The topological polar surface area (TPSA) is 129 Å². The molecule has 0 bridgehead atoms. The number of aromatic nitrogens is 2. The first-order valence-corrected chi connectivity index (χ1v) is 15.4. The van der Waals surface area contributed by atoms with Crippen molar-refractivity contribution >= 4 is 54.1 Å². The fraction of sp³-hybridized carbons (Fsp3) is 0.462. The SMILES string of the molecule is CN(C)CCNc1ccc2nc(NC(=O)/C(=N/N3CCCC3)c3ccc(S(=O)(=O)[C@H]4CCOC4)cc3)sc2n1. The number of sulfone groups is 1. The fourth-order valence-corrected chi connectivity index (χ4v) is 6.88. The van der Waals surface area contributed by atoms with Crippen LogP contribution in [0.1, 0.15) is 24.8 Å². The lowest BCUT2D eigenvalue weighted by molar-refractivity contribution is -0.110. The van der Waals surface area contributed by atoms with Gasteiger partial charge in [0, 0.05) is 38.3 Å². The Labute approximate surface area is 232 Å². The van der Waals surface area contributed by atoms with Crippen LogP contribution in [0, 0.1) is 0 Å². The van der Waals surface area contributed by atoms with Crippen molar-refractivity contribution in [2.75, 3.05) is 64.1 Å². The van der Waals surface area contributed by atoms with E-state index in [1.54, 1.807) is 24.3 Å². The minimum atomic E-state index is -3.50. The third-order valence-corrected chi connectivity index (χ3v) is 9.72. The Bertz CT molecular complexity index is 1440. The lowest BCUT2D eigenvalue weighted by Crippen LogP contribution is -2.27. The molecule has 0 radical (unpaired) electrons. The van der Waals surface area contributed by atoms with Crippen LogP contribution in [-0.2, 0) is 19.4 Å². The summed E-state index contributed by atoms with van der Waals surface area (Å²) in [6.45, 7) is 3.83.